The van der Waals surface area contributed by atoms with Gasteiger partial charge >= 0.3 is 0 Å². The smallest absolute Gasteiger partial charge is 0.191 e. The minimum Gasteiger partial charge on any atom is -0.357 e. The van der Waals surface area contributed by atoms with Gasteiger partial charge in [0.2, 0.25) is 0 Å². The second kappa shape index (κ2) is 9.94. The predicted molar refractivity (Wildman–Crippen MR) is 110 cm³/mol. The zero-order chi connectivity index (χ0) is 18.9. The van der Waals surface area contributed by atoms with Gasteiger partial charge in [-0.05, 0) is 42.9 Å². The third-order valence-corrected chi connectivity index (χ3v) is 5.02. The molecule has 0 saturated carbocycles. The minimum absolute atomic E-state index is 0.711. The first-order valence-corrected chi connectivity index (χ1v) is 9.86. The van der Waals surface area contributed by atoms with Gasteiger partial charge in [-0.2, -0.15) is 5.10 Å². The fourth-order valence-corrected chi connectivity index (χ4v) is 3.23. The summed E-state index contributed by atoms with van der Waals surface area (Å²) in [4.78, 5) is 11.3. The molecule has 146 valence electrons. The Morgan fingerprint density at radius 2 is 2.11 bits per heavy atom. The lowest BCUT2D eigenvalue weighted by Crippen LogP contribution is -2.37. The number of hydrogen-bond donors (Lipinski definition) is 2. The largest absolute Gasteiger partial charge is 0.357 e. The zero-order valence-electron chi connectivity index (χ0n) is 16.4. The minimum atomic E-state index is 0.711. The fraction of sp³-hybridized carbons (Fsp3) is 0.550. The molecular formula is C20H31N7. The third-order valence-electron chi connectivity index (χ3n) is 5.02. The molecule has 1 saturated heterocycles. The molecular weight excluding hydrogens is 338 g/mol. The molecule has 2 aromatic heterocycles. The van der Waals surface area contributed by atoms with Crippen LogP contribution in [0.2, 0.25) is 0 Å². The number of anilines is 1. The molecule has 0 radical (unpaired) electrons. The number of aliphatic imine (C=N–C) groups is 1. The van der Waals surface area contributed by atoms with Crippen LogP contribution < -0.4 is 15.5 Å². The molecule has 1 fully saturated rings. The molecule has 0 spiro atoms. The average molecular weight is 370 g/mol. The van der Waals surface area contributed by atoms with Gasteiger partial charge in [-0.1, -0.05) is 13.0 Å². The van der Waals surface area contributed by atoms with Crippen LogP contribution in [0.4, 0.5) is 5.82 Å². The Hall–Kier alpha value is -2.57. The molecule has 0 unspecified atom stereocenters. The SMILES string of the molecule is CN=C(NCCCn1cccn1)NCc1ccc(N2CCC(C)CC2)nc1. The van der Waals surface area contributed by atoms with Crippen LogP contribution in [0.5, 0.6) is 0 Å². The summed E-state index contributed by atoms with van der Waals surface area (Å²) < 4.78 is 1.94. The van der Waals surface area contributed by atoms with Gasteiger partial charge in [-0.15, -0.1) is 0 Å². The van der Waals surface area contributed by atoms with Crippen molar-refractivity contribution in [3.8, 4) is 0 Å². The van der Waals surface area contributed by atoms with E-state index in [4.69, 9.17) is 0 Å². The van der Waals surface area contributed by atoms with Gasteiger partial charge in [-0.3, -0.25) is 9.67 Å². The first-order valence-electron chi connectivity index (χ1n) is 9.86. The van der Waals surface area contributed by atoms with E-state index >= 15 is 0 Å². The van der Waals surface area contributed by atoms with Crippen molar-refractivity contribution in [2.75, 3.05) is 31.6 Å². The summed E-state index contributed by atoms with van der Waals surface area (Å²) in [5.41, 5.74) is 1.16. The topological polar surface area (TPSA) is 70.4 Å². The Balaban J connectivity index is 1.38. The van der Waals surface area contributed by atoms with E-state index in [1.165, 1.54) is 12.8 Å². The number of guanidine groups is 1. The Bertz CT molecular complexity index is 686. The molecule has 0 amide bonds. The van der Waals surface area contributed by atoms with Crippen LogP contribution >= 0.6 is 0 Å². The third kappa shape index (κ3) is 5.98. The average Bonchev–Trinajstić information content (AvgIpc) is 3.22. The molecule has 0 aliphatic carbocycles. The second-order valence-corrected chi connectivity index (χ2v) is 7.17. The number of rotatable bonds is 7. The van der Waals surface area contributed by atoms with Crippen LogP contribution in [-0.4, -0.2) is 47.4 Å². The molecule has 0 atom stereocenters. The lowest BCUT2D eigenvalue weighted by atomic mass is 9.99. The van der Waals surface area contributed by atoms with Gasteiger partial charge < -0.3 is 15.5 Å². The Morgan fingerprint density at radius 3 is 2.78 bits per heavy atom. The van der Waals surface area contributed by atoms with Crippen molar-refractivity contribution in [2.24, 2.45) is 10.9 Å². The van der Waals surface area contributed by atoms with Gasteiger partial charge in [0.05, 0.1) is 0 Å². The van der Waals surface area contributed by atoms with E-state index in [-0.39, 0.29) is 0 Å². The van der Waals surface area contributed by atoms with Crippen LogP contribution in [0.1, 0.15) is 31.7 Å². The van der Waals surface area contributed by atoms with Gasteiger partial charge in [0.15, 0.2) is 5.96 Å². The van der Waals surface area contributed by atoms with E-state index in [0.29, 0.717) is 6.54 Å². The molecule has 2 N–H and O–H groups in total. The van der Waals surface area contributed by atoms with Crippen LogP contribution in [-0.2, 0) is 13.1 Å². The highest BCUT2D eigenvalue weighted by atomic mass is 15.3. The zero-order valence-corrected chi connectivity index (χ0v) is 16.4. The number of aryl methyl sites for hydroxylation is 1. The van der Waals surface area contributed by atoms with Gasteiger partial charge in [-0.25, -0.2) is 4.98 Å². The molecule has 3 rings (SSSR count). The van der Waals surface area contributed by atoms with Crippen molar-refractivity contribution in [3.63, 3.8) is 0 Å². The summed E-state index contributed by atoms with van der Waals surface area (Å²) in [6.45, 7) is 7.02. The van der Waals surface area contributed by atoms with Crippen molar-refractivity contribution in [1.82, 2.24) is 25.4 Å². The second-order valence-electron chi connectivity index (χ2n) is 7.17. The summed E-state index contributed by atoms with van der Waals surface area (Å²) in [6.07, 6.45) is 9.26. The maximum atomic E-state index is 4.65. The van der Waals surface area contributed by atoms with Crippen LogP contribution in [0, 0.1) is 5.92 Å². The Kier molecular flexibility index (Phi) is 7.07. The molecule has 0 aromatic carbocycles. The standard InChI is InChI=1S/C20H31N7/c1-17-7-13-26(14-8-17)19-6-5-18(15-23-19)16-24-20(21-2)22-9-3-11-27-12-4-10-25-27/h4-6,10,12,15,17H,3,7-9,11,13-14,16H2,1-2H3,(H2,21,22,24). The maximum absolute atomic E-state index is 4.65. The van der Waals surface area contributed by atoms with Gasteiger partial charge in [0, 0.05) is 58.4 Å². The highest BCUT2D eigenvalue weighted by molar-refractivity contribution is 5.79. The van der Waals surface area contributed by atoms with E-state index in [1.54, 1.807) is 13.2 Å². The van der Waals surface area contributed by atoms with Crippen LogP contribution in [0.3, 0.4) is 0 Å². The quantitative estimate of drug-likeness (QED) is 0.445. The maximum Gasteiger partial charge on any atom is 0.191 e. The molecule has 1 aliphatic rings. The summed E-state index contributed by atoms with van der Waals surface area (Å²) in [7, 11) is 1.79. The normalized spacial score (nSPS) is 15.8. The van der Waals surface area contributed by atoms with Crippen molar-refractivity contribution in [3.05, 3.63) is 42.4 Å². The van der Waals surface area contributed by atoms with Crippen molar-refractivity contribution < 1.29 is 0 Å². The van der Waals surface area contributed by atoms with Crippen LogP contribution in [0.25, 0.3) is 0 Å². The van der Waals surface area contributed by atoms with Crippen molar-refractivity contribution in [2.45, 2.75) is 39.3 Å². The molecule has 1 aliphatic heterocycles. The van der Waals surface area contributed by atoms with Gasteiger partial charge in [0.25, 0.3) is 0 Å². The highest BCUT2D eigenvalue weighted by Crippen LogP contribution is 2.21. The van der Waals surface area contributed by atoms with E-state index in [0.717, 1.165) is 55.9 Å². The lowest BCUT2D eigenvalue weighted by Gasteiger charge is -2.31. The molecule has 2 aromatic rings. The summed E-state index contributed by atoms with van der Waals surface area (Å²) in [5, 5.41) is 10.9. The highest BCUT2D eigenvalue weighted by Gasteiger charge is 2.16. The predicted octanol–water partition coefficient (Wildman–Crippen LogP) is 2.27. The first-order chi connectivity index (χ1) is 13.2. The molecule has 3 heterocycles. The molecule has 27 heavy (non-hydrogen) atoms. The molecule has 7 heteroatoms. The van der Waals surface area contributed by atoms with E-state index in [1.807, 2.05) is 23.1 Å². The van der Waals surface area contributed by atoms with Crippen molar-refractivity contribution in [1.29, 1.82) is 0 Å². The summed E-state index contributed by atoms with van der Waals surface area (Å²) in [6, 6.07) is 6.23. The number of nitrogens with zero attached hydrogens (tertiary/aromatic N) is 5. The van der Waals surface area contributed by atoms with E-state index < -0.39 is 0 Å². The lowest BCUT2D eigenvalue weighted by molar-refractivity contribution is 0.436. The Labute approximate surface area is 161 Å². The molecule has 0 bridgehead atoms. The van der Waals surface area contributed by atoms with Crippen LogP contribution in [0.15, 0.2) is 41.8 Å². The number of aromatic nitrogens is 3. The first kappa shape index (κ1) is 19.2. The van der Waals surface area contributed by atoms with Crippen molar-refractivity contribution >= 4 is 11.8 Å². The summed E-state index contributed by atoms with van der Waals surface area (Å²) >= 11 is 0. The van der Waals surface area contributed by atoms with E-state index in [9.17, 15) is 0 Å². The van der Waals surface area contributed by atoms with E-state index in [2.05, 4.69) is 49.7 Å². The Morgan fingerprint density at radius 1 is 1.26 bits per heavy atom. The summed E-state index contributed by atoms with van der Waals surface area (Å²) in [5.74, 6) is 2.74. The number of piperidine rings is 1. The fourth-order valence-electron chi connectivity index (χ4n) is 3.23. The number of pyridine rings is 1. The van der Waals surface area contributed by atoms with Gasteiger partial charge in [0.1, 0.15) is 5.82 Å². The number of nitrogens with one attached hydrogen (secondary N) is 2. The monoisotopic (exact) mass is 369 g/mol. The molecule has 7 nitrogen and oxygen atoms in total. The number of hydrogen-bond acceptors (Lipinski definition) is 4.